The van der Waals surface area contributed by atoms with E-state index in [1.165, 1.54) is 23.5 Å². The molecule has 1 aliphatic carbocycles. The fourth-order valence-corrected chi connectivity index (χ4v) is 5.17. The van der Waals surface area contributed by atoms with Gasteiger partial charge in [0.1, 0.15) is 11.6 Å². The number of hydrogen-bond donors (Lipinski definition) is 3. The summed E-state index contributed by atoms with van der Waals surface area (Å²) in [5.74, 6) is -2.42. The molecule has 0 spiro atoms. The predicted molar refractivity (Wildman–Crippen MR) is 132 cm³/mol. The lowest BCUT2D eigenvalue weighted by Crippen LogP contribution is -2.34. The molecule has 35 heavy (non-hydrogen) atoms. The van der Waals surface area contributed by atoms with Crippen LogP contribution >= 0.6 is 22.9 Å². The topological polar surface area (TPSA) is 105 Å². The third kappa shape index (κ3) is 6.29. The second kappa shape index (κ2) is 11.0. The fraction of sp³-hybridized carbons (Fsp3) is 0.320. The van der Waals surface area contributed by atoms with Crippen molar-refractivity contribution >= 4 is 50.8 Å². The summed E-state index contributed by atoms with van der Waals surface area (Å²) in [4.78, 5) is 36.3. The minimum atomic E-state index is -0.796. The van der Waals surface area contributed by atoms with E-state index in [0.717, 1.165) is 16.2 Å². The molecule has 2 amide bonds. The molecule has 0 atom stereocenters. The molecule has 3 aromatic rings. The van der Waals surface area contributed by atoms with Crippen molar-refractivity contribution in [2.45, 2.75) is 31.8 Å². The van der Waals surface area contributed by atoms with Gasteiger partial charge in [0.15, 0.2) is 0 Å². The second-order valence-electron chi connectivity index (χ2n) is 8.38. The van der Waals surface area contributed by atoms with Crippen molar-refractivity contribution in [3.05, 3.63) is 63.7 Å². The van der Waals surface area contributed by atoms with Crippen LogP contribution in [-0.2, 0) is 4.79 Å². The normalized spacial score (nSPS) is 17.7. The van der Waals surface area contributed by atoms with Gasteiger partial charge in [0.2, 0.25) is 0 Å². The van der Waals surface area contributed by atoms with E-state index in [-0.39, 0.29) is 36.6 Å². The number of carboxylic acid groups (broad SMARTS) is 1. The van der Waals surface area contributed by atoms with E-state index in [2.05, 4.69) is 10.6 Å². The maximum Gasteiger partial charge on any atom is 0.306 e. The number of carbonyl (C=O) groups is 3. The van der Waals surface area contributed by atoms with Gasteiger partial charge in [0, 0.05) is 28.9 Å². The zero-order chi connectivity index (χ0) is 24.9. The van der Waals surface area contributed by atoms with Gasteiger partial charge in [0.25, 0.3) is 11.8 Å². The van der Waals surface area contributed by atoms with Gasteiger partial charge in [-0.25, -0.2) is 4.39 Å². The van der Waals surface area contributed by atoms with Crippen LogP contribution in [0.1, 0.15) is 45.7 Å². The lowest BCUT2D eigenvalue weighted by molar-refractivity contribution is -0.143. The maximum absolute atomic E-state index is 14.5. The van der Waals surface area contributed by atoms with Crippen LogP contribution in [0, 0.1) is 11.7 Å². The highest BCUT2D eigenvalue weighted by Gasteiger charge is 2.27. The maximum atomic E-state index is 14.5. The molecular formula is C25H24ClFN2O5S. The van der Waals surface area contributed by atoms with Crippen LogP contribution in [0.5, 0.6) is 5.75 Å². The first-order valence-electron chi connectivity index (χ1n) is 11.2. The lowest BCUT2D eigenvalue weighted by Gasteiger charge is -2.26. The third-order valence-electron chi connectivity index (χ3n) is 5.91. The monoisotopic (exact) mass is 518 g/mol. The van der Waals surface area contributed by atoms with Gasteiger partial charge in [-0.2, -0.15) is 0 Å². The van der Waals surface area contributed by atoms with Gasteiger partial charge in [-0.1, -0.05) is 11.6 Å². The van der Waals surface area contributed by atoms with Crippen molar-refractivity contribution in [1.82, 2.24) is 10.6 Å². The van der Waals surface area contributed by atoms with Gasteiger partial charge in [0.05, 0.1) is 22.5 Å². The molecule has 1 fully saturated rings. The number of carbonyl (C=O) groups excluding carboxylic acids is 2. The number of thiophene rings is 1. The summed E-state index contributed by atoms with van der Waals surface area (Å²) in [6.45, 7) is 0.313. The van der Waals surface area contributed by atoms with E-state index in [1.54, 1.807) is 18.2 Å². The van der Waals surface area contributed by atoms with E-state index in [1.807, 2.05) is 6.07 Å². The lowest BCUT2D eigenvalue weighted by atomic mass is 9.87. The standard InChI is InChI=1S/C25H24ClFN2O5S/c26-16-3-8-21-15(11-16)12-22(35-21)24(31)29-10-9-28-23(30)19-7-6-18(13-20(19)27)34-17-4-1-14(2-5-17)25(32)33/h3,6-8,11-14,17H,1-2,4-5,9-10H2,(H,28,30)(H,29,31)(H,32,33)/t14-,17+. The number of hydrogen-bond acceptors (Lipinski definition) is 5. The number of benzene rings is 2. The molecule has 0 radical (unpaired) electrons. The molecule has 0 bridgehead atoms. The van der Waals surface area contributed by atoms with Gasteiger partial charge in [-0.15, -0.1) is 11.3 Å². The van der Waals surface area contributed by atoms with Gasteiger partial charge < -0.3 is 20.5 Å². The molecule has 0 saturated heterocycles. The Labute approximate surface area is 210 Å². The van der Waals surface area contributed by atoms with Crippen LogP contribution in [0.15, 0.2) is 42.5 Å². The van der Waals surface area contributed by atoms with Crippen LogP contribution in [0.3, 0.4) is 0 Å². The number of nitrogens with one attached hydrogen (secondary N) is 2. The Morgan fingerprint density at radius 2 is 1.71 bits per heavy atom. The number of carboxylic acids is 1. The summed E-state index contributed by atoms with van der Waals surface area (Å²) in [5, 5.41) is 15.9. The van der Waals surface area contributed by atoms with E-state index in [9.17, 15) is 18.8 Å². The Morgan fingerprint density at radius 1 is 1.00 bits per heavy atom. The van der Waals surface area contributed by atoms with Crippen molar-refractivity contribution in [2.24, 2.45) is 5.92 Å². The zero-order valence-electron chi connectivity index (χ0n) is 18.7. The average Bonchev–Trinajstić information content (AvgIpc) is 3.25. The Hall–Kier alpha value is -3.17. The van der Waals surface area contributed by atoms with Gasteiger partial charge >= 0.3 is 5.97 Å². The Kier molecular flexibility index (Phi) is 7.87. The van der Waals surface area contributed by atoms with E-state index < -0.39 is 17.7 Å². The quantitative estimate of drug-likeness (QED) is 0.369. The summed E-state index contributed by atoms with van der Waals surface area (Å²) < 4.78 is 21.2. The predicted octanol–water partition coefficient (Wildman–Crippen LogP) is 4.88. The van der Waals surface area contributed by atoms with Crippen molar-refractivity contribution in [3.8, 4) is 5.75 Å². The summed E-state index contributed by atoms with van der Waals surface area (Å²) in [6.07, 6.45) is 2.04. The smallest absolute Gasteiger partial charge is 0.306 e. The number of rotatable bonds is 8. The Bertz CT molecular complexity index is 1260. The number of aliphatic carboxylic acids is 1. The van der Waals surface area contributed by atoms with Crippen molar-refractivity contribution < 1.29 is 28.6 Å². The first kappa shape index (κ1) is 24.9. The first-order valence-corrected chi connectivity index (χ1v) is 12.4. The number of halogens is 2. The Balaban J connectivity index is 1.23. The molecule has 0 unspecified atom stereocenters. The molecule has 2 aromatic carbocycles. The van der Waals surface area contributed by atoms with Crippen LogP contribution in [0.25, 0.3) is 10.1 Å². The average molecular weight is 519 g/mol. The molecule has 7 nitrogen and oxygen atoms in total. The highest BCUT2D eigenvalue weighted by molar-refractivity contribution is 7.20. The minimum absolute atomic E-state index is 0.125. The summed E-state index contributed by atoms with van der Waals surface area (Å²) in [6, 6.07) is 11.2. The van der Waals surface area contributed by atoms with E-state index >= 15 is 0 Å². The van der Waals surface area contributed by atoms with Crippen molar-refractivity contribution in [2.75, 3.05) is 13.1 Å². The molecular weight excluding hydrogens is 495 g/mol. The largest absolute Gasteiger partial charge is 0.490 e. The molecule has 0 aliphatic heterocycles. The van der Waals surface area contributed by atoms with Crippen LogP contribution in [-0.4, -0.2) is 42.1 Å². The van der Waals surface area contributed by atoms with E-state index in [0.29, 0.717) is 41.3 Å². The molecule has 1 aliphatic rings. The summed E-state index contributed by atoms with van der Waals surface area (Å²) in [5.41, 5.74) is -0.125. The SMILES string of the molecule is O=C(NCCNC(=O)c1ccc(O[C@H]2CC[C@@H](C(=O)O)CC2)cc1F)c1cc2cc(Cl)ccc2s1. The van der Waals surface area contributed by atoms with Gasteiger partial charge in [-0.05, 0) is 67.5 Å². The second-order valence-corrected chi connectivity index (χ2v) is 9.90. The van der Waals surface area contributed by atoms with Gasteiger partial charge in [-0.3, -0.25) is 14.4 Å². The molecule has 3 N–H and O–H groups in total. The molecule has 1 heterocycles. The Morgan fingerprint density at radius 3 is 2.40 bits per heavy atom. The minimum Gasteiger partial charge on any atom is -0.490 e. The summed E-state index contributed by atoms with van der Waals surface area (Å²) >= 11 is 7.33. The number of amides is 2. The highest BCUT2D eigenvalue weighted by Crippen LogP contribution is 2.29. The molecule has 10 heteroatoms. The third-order valence-corrected chi connectivity index (χ3v) is 7.26. The van der Waals surface area contributed by atoms with Crippen LogP contribution < -0.4 is 15.4 Å². The van der Waals surface area contributed by atoms with Crippen molar-refractivity contribution in [1.29, 1.82) is 0 Å². The first-order chi connectivity index (χ1) is 16.8. The number of ether oxygens (including phenoxy) is 1. The number of fused-ring (bicyclic) bond motifs is 1. The van der Waals surface area contributed by atoms with E-state index in [4.69, 9.17) is 21.4 Å². The fourth-order valence-electron chi connectivity index (χ4n) is 4.03. The molecule has 184 valence electrons. The highest BCUT2D eigenvalue weighted by atomic mass is 35.5. The molecule has 4 rings (SSSR count). The van der Waals surface area contributed by atoms with Crippen LogP contribution in [0.4, 0.5) is 4.39 Å². The summed E-state index contributed by atoms with van der Waals surface area (Å²) in [7, 11) is 0. The zero-order valence-corrected chi connectivity index (χ0v) is 20.3. The van der Waals surface area contributed by atoms with Crippen molar-refractivity contribution in [3.63, 3.8) is 0 Å². The molecule has 1 aromatic heterocycles. The molecule has 1 saturated carbocycles. The van der Waals surface area contributed by atoms with Crippen LogP contribution in [0.2, 0.25) is 5.02 Å².